The zero-order valence-corrected chi connectivity index (χ0v) is 11.1. The maximum Gasteiger partial charge on any atom is 0.167 e. The molecular weight excluding hydrogens is 265 g/mol. The maximum atomic E-state index is 12.7. The summed E-state index contributed by atoms with van der Waals surface area (Å²) in [7, 11) is 0. The number of halogens is 2. The zero-order valence-electron chi connectivity index (χ0n) is 10.3. The first-order chi connectivity index (χ1) is 8.69. The second-order valence-electron chi connectivity index (χ2n) is 4.13. The molecule has 19 heavy (non-hydrogen) atoms. The summed E-state index contributed by atoms with van der Waals surface area (Å²) in [5.74, 6) is -0.274. The summed E-state index contributed by atoms with van der Waals surface area (Å²) in [6.07, 6.45) is 0.280. The van der Waals surface area contributed by atoms with Crippen molar-refractivity contribution in [1.29, 1.82) is 0 Å². The van der Waals surface area contributed by atoms with E-state index in [9.17, 15) is 9.18 Å². The fourth-order valence-electron chi connectivity index (χ4n) is 1.72. The normalized spacial score (nSPS) is 9.79. The molecule has 2 aromatic carbocycles. The van der Waals surface area contributed by atoms with Crippen LogP contribution in [0.2, 0.25) is 0 Å². The third kappa shape index (κ3) is 4.16. The first kappa shape index (κ1) is 15.3. The van der Waals surface area contributed by atoms with E-state index in [1.165, 1.54) is 12.1 Å². The Morgan fingerprint density at radius 3 is 2.00 bits per heavy atom. The van der Waals surface area contributed by atoms with Gasteiger partial charge in [0.1, 0.15) is 5.82 Å². The average molecular weight is 280 g/mol. The van der Waals surface area contributed by atoms with Crippen LogP contribution in [-0.2, 0) is 13.0 Å². The quantitative estimate of drug-likeness (QED) is 0.874. The summed E-state index contributed by atoms with van der Waals surface area (Å²) < 4.78 is 12.7. The van der Waals surface area contributed by atoms with E-state index in [1.54, 1.807) is 24.3 Å². The lowest BCUT2D eigenvalue weighted by atomic mass is 10.0. The van der Waals surface area contributed by atoms with Crippen LogP contribution in [0, 0.1) is 5.82 Å². The van der Waals surface area contributed by atoms with Gasteiger partial charge >= 0.3 is 0 Å². The molecule has 0 aromatic heterocycles. The minimum absolute atomic E-state index is 0. The van der Waals surface area contributed by atoms with Gasteiger partial charge in [0.15, 0.2) is 5.78 Å². The third-order valence-electron chi connectivity index (χ3n) is 2.79. The smallest absolute Gasteiger partial charge is 0.167 e. The number of nitrogens with two attached hydrogens (primary N) is 1. The van der Waals surface area contributed by atoms with Crippen LogP contribution in [-0.4, -0.2) is 5.78 Å². The van der Waals surface area contributed by atoms with Crippen molar-refractivity contribution in [3.05, 3.63) is 71.0 Å². The van der Waals surface area contributed by atoms with E-state index in [4.69, 9.17) is 5.73 Å². The summed E-state index contributed by atoms with van der Waals surface area (Å²) in [6, 6.07) is 13.2. The Morgan fingerprint density at radius 1 is 0.947 bits per heavy atom. The third-order valence-corrected chi connectivity index (χ3v) is 2.79. The van der Waals surface area contributed by atoms with Crippen molar-refractivity contribution in [2.75, 3.05) is 0 Å². The molecule has 0 heterocycles. The molecule has 0 radical (unpaired) electrons. The van der Waals surface area contributed by atoms with Crippen LogP contribution < -0.4 is 5.73 Å². The van der Waals surface area contributed by atoms with Crippen LogP contribution in [0.15, 0.2) is 48.5 Å². The van der Waals surface area contributed by atoms with Gasteiger partial charge in [-0.2, -0.15) is 0 Å². The Hall–Kier alpha value is -1.71. The molecule has 0 saturated heterocycles. The number of benzene rings is 2. The standard InChI is InChI=1S/C15H14FNO.ClH/c16-14-7-3-11(4-8-14)9-15(18)13-5-1-12(10-17)2-6-13;/h1-8H,9-10,17H2;1H. The van der Waals surface area contributed by atoms with Gasteiger partial charge in [-0.3, -0.25) is 4.79 Å². The first-order valence-corrected chi connectivity index (χ1v) is 5.75. The van der Waals surface area contributed by atoms with Crippen molar-refractivity contribution in [2.24, 2.45) is 5.73 Å². The van der Waals surface area contributed by atoms with Gasteiger partial charge in [0.25, 0.3) is 0 Å². The van der Waals surface area contributed by atoms with E-state index in [2.05, 4.69) is 0 Å². The van der Waals surface area contributed by atoms with Gasteiger partial charge in [-0.05, 0) is 23.3 Å². The highest BCUT2D eigenvalue weighted by Crippen LogP contribution is 2.10. The topological polar surface area (TPSA) is 43.1 Å². The molecule has 0 aliphatic heterocycles. The molecular formula is C15H15ClFNO. The summed E-state index contributed by atoms with van der Waals surface area (Å²) in [4.78, 5) is 12.0. The monoisotopic (exact) mass is 279 g/mol. The van der Waals surface area contributed by atoms with Gasteiger partial charge < -0.3 is 5.73 Å². The summed E-state index contributed by atoms with van der Waals surface area (Å²) >= 11 is 0. The molecule has 0 saturated carbocycles. The van der Waals surface area contributed by atoms with E-state index in [0.29, 0.717) is 12.1 Å². The number of rotatable bonds is 4. The maximum absolute atomic E-state index is 12.7. The van der Waals surface area contributed by atoms with E-state index in [-0.39, 0.29) is 30.4 Å². The number of ketones is 1. The predicted molar refractivity (Wildman–Crippen MR) is 76.0 cm³/mol. The van der Waals surface area contributed by atoms with E-state index < -0.39 is 0 Å². The molecule has 0 spiro atoms. The minimum atomic E-state index is -0.293. The van der Waals surface area contributed by atoms with Crippen molar-refractivity contribution in [2.45, 2.75) is 13.0 Å². The van der Waals surface area contributed by atoms with Crippen LogP contribution in [0.25, 0.3) is 0 Å². The summed E-state index contributed by atoms with van der Waals surface area (Å²) in [5, 5.41) is 0. The largest absolute Gasteiger partial charge is 0.326 e. The van der Waals surface area contributed by atoms with Crippen LogP contribution in [0.1, 0.15) is 21.5 Å². The Bertz CT molecular complexity index is 537. The van der Waals surface area contributed by atoms with Crippen LogP contribution in [0.3, 0.4) is 0 Å². The number of carbonyl (C=O) groups excluding carboxylic acids is 1. The first-order valence-electron chi connectivity index (χ1n) is 5.75. The second-order valence-corrected chi connectivity index (χ2v) is 4.13. The average Bonchev–Trinajstić information content (AvgIpc) is 2.41. The van der Waals surface area contributed by atoms with Crippen molar-refractivity contribution in [3.63, 3.8) is 0 Å². The van der Waals surface area contributed by atoms with Gasteiger partial charge in [-0.25, -0.2) is 4.39 Å². The molecule has 0 bridgehead atoms. The highest BCUT2D eigenvalue weighted by atomic mass is 35.5. The number of hydrogen-bond donors (Lipinski definition) is 1. The SMILES string of the molecule is Cl.NCc1ccc(C(=O)Cc2ccc(F)cc2)cc1. The molecule has 4 heteroatoms. The van der Waals surface area contributed by atoms with Crippen molar-refractivity contribution < 1.29 is 9.18 Å². The molecule has 2 nitrogen and oxygen atoms in total. The number of Topliss-reactive ketones (excluding diaryl/α,β-unsaturated/α-hetero) is 1. The zero-order chi connectivity index (χ0) is 13.0. The summed E-state index contributed by atoms with van der Waals surface area (Å²) in [6.45, 7) is 0.465. The van der Waals surface area contributed by atoms with E-state index in [1.807, 2.05) is 12.1 Å². The molecule has 2 aromatic rings. The van der Waals surface area contributed by atoms with E-state index >= 15 is 0 Å². The summed E-state index contributed by atoms with van der Waals surface area (Å²) in [5.41, 5.74) is 7.95. The Morgan fingerprint density at radius 2 is 1.47 bits per heavy atom. The number of carbonyl (C=O) groups is 1. The minimum Gasteiger partial charge on any atom is -0.326 e. The van der Waals surface area contributed by atoms with Gasteiger partial charge in [-0.1, -0.05) is 36.4 Å². The van der Waals surface area contributed by atoms with Crippen LogP contribution in [0.5, 0.6) is 0 Å². The Kier molecular flexibility index (Phi) is 5.67. The number of hydrogen-bond acceptors (Lipinski definition) is 2. The van der Waals surface area contributed by atoms with Gasteiger partial charge in [-0.15, -0.1) is 12.4 Å². The lowest BCUT2D eigenvalue weighted by molar-refractivity contribution is 0.0993. The lowest BCUT2D eigenvalue weighted by Crippen LogP contribution is -2.04. The molecule has 0 unspecified atom stereocenters. The predicted octanol–water partition coefficient (Wildman–Crippen LogP) is 3.13. The molecule has 2 rings (SSSR count). The lowest BCUT2D eigenvalue weighted by Gasteiger charge is -2.03. The fraction of sp³-hybridized carbons (Fsp3) is 0.133. The molecule has 0 aliphatic carbocycles. The molecule has 2 N–H and O–H groups in total. The fourth-order valence-corrected chi connectivity index (χ4v) is 1.72. The molecule has 0 atom stereocenters. The molecule has 0 fully saturated rings. The van der Waals surface area contributed by atoms with Crippen molar-refractivity contribution in [3.8, 4) is 0 Å². The van der Waals surface area contributed by atoms with Gasteiger partial charge in [0.2, 0.25) is 0 Å². The second kappa shape index (κ2) is 7.02. The van der Waals surface area contributed by atoms with Crippen molar-refractivity contribution in [1.82, 2.24) is 0 Å². The molecule has 0 amide bonds. The Balaban J connectivity index is 0.00000180. The van der Waals surface area contributed by atoms with Crippen LogP contribution in [0.4, 0.5) is 4.39 Å². The van der Waals surface area contributed by atoms with Crippen molar-refractivity contribution >= 4 is 18.2 Å². The van der Waals surface area contributed by atoms with Gasteiger partial charge in [0, 0.05) is 18.5 Å². The molecule has 0 aliphatic rings. The van der Waals surface area contributed by atoms with Gasteiger partial charge in [0.05, 0.1) is 0 Å². The highest BCUT2D eigenvalue weighted by molar-refractivity contribution is 5.97. The Labute approximate surface area is 117 Å². The highest BCUT2D eigenvalue weighted by Gasteiger charge is 2.07. The molecule has 100 valence electrons. The van der Waals surface area contributed by atoms with Crippen LogP contribution >= 0.6 is 12.4 Å². The van der Waals surface area contributed by atoms with E-state index in [0.717, 1.165) is 11.1 Å².